The maximum Gasteiger partial charge on any atom is 0.328 e. The minimum Gasteiger partial charge on any atom is -0.463 e. The van der Waals surface area contributed by atoms with Gasteiger partial charge in [0.25, 0.3) is 0 Å². The minimum atomic E-state index is -1.04. The lowest BCUT2D eigenvalue weighted by Crippen LogP contribution is -2.55. The van der Waals surface area contributed by atoms with E-state index in [-0.39, 0.29) is 62.7 Å². The number of benzene rings is 1. The van der Waals surface area contributed by atoms with Crippen molar-refractivity contribution in [2.24, 2.45) is 16.6 Å². The van der Waals surface area contributed by atoms with Gasteiger partial charge in [-0.2, -0.15) is 9.97 Å². The van der Waals surface area contributed by atoms with E-state index in [1.165, 1.54) is 4.57 Å². The molecule has 9 N–H and O–H groups in total. The summed E-state index contributed by atoms with van der Waals surface area (Å²) in [5.41, 5.74) is 12.5. The number of nitrogens with two attached hydrogens (primary N) is 2. The third-order valence-corrected chi connectivity index (χ3v) is 8.31. The zero-order chi connectivity index (χ0) is 41.6. The van der Waals surface area contributed by atoms with Crippen molar-refractivity contribution in [3.63, 3.8) is 0 Å². The lowest BCUT2D eigenvalue weighted by Gasteiger charge is -2.25. The van der Waals surface area contributed by atoms with Crippen LogP contribution >= 0.6 is 12.2 Å². The highest BCUT2D eigenvalue weighted by atomic mass is 32.1. The van der Waals surface area contributed by atoms with Crippen molar-refractivity contribution in [1.82, 2.24) is 35.5 Å². The Morgan fingerprint density at radius 2 is 1.67 bits per heavy atom. The molecule has 3 aromatic rings. The number of aromatic amines is 1. The van der Waals surface area contributed by atoms with Crippen LogP contribution in [0, 0.1) is 5.92 Å². The molecule has 2 aromatic heterocycles. The van der Waals surface area contributed by atoms with Crippen LogP contribution in [0.4, 0.5) is 16.3 Å². The summed E-state index contributed by atoms with van der Waals surface area (Å²) >= 11 is 4.49. The SMILES string of the molecule is CCCCOc1nc(N)c2[nH]c(=O)n(Cc3ccc(NC(=O)C(CCCNC(N)=O)NC(=O)C(NC(=O)COCCOCCOCCN=C=S)C(C)C)cc3)c2n1. The number of nitrogens with zero attached hydrogens (tertiary/aromatic N) is 4. The molecular weight excluding hydrogens is 763 g/mol. The highest BCUT2D eigenvalue weighted by molar-refractivity contribution is 7.78. The van der Waals surface area contributed by atoms with Crippen molar-refractivity contribution in [1.29, 1.82) is 0 Å². The number of anilines is 2. The summed E-state index contributed by atoms with van der Waals surface area (Å²) in [6.45, 7) is 7.85. The summed E-state index contributed by atoms with van der Waals surface area (Å²) in [6, 6.07) is 4.08. The number of ether oxygens (including phenoxy) is 4. The molecule has 0 radical (unpaired) electrons. The van der Waals surface area contributed by atoms with Gasteiger partial charge in [-0.25, -0.2) is 14.6 Å². The van der Waals surface area contributed by atoms with Gasteiger partial charge in [-0.05, 0) is 55.1 Å². The molecule has 3 rings (SSSR count). The van der Waals surface area contributed by atoms with E-state index in [9.17, 15) is 24.0 Å². The first-order chi connectivity index (χ1) is 27.4. The number of H-pyrrole nitrogens is 1. The van der Waals surface area contributed by atoms with Gasteiger partial charge < -0.3 is 56.7 Å². The van der Waals surface area contributed by atoms with Gasteiger partial charge in [0.1, 0.15) is 24.2 Å². The first-order valence-electron chi connectivity index (χ1n) is 18.6. The fraction of sp³-hybridized carbons (Fsp3) is 0.556. The summed E-state index contributed by atoms with van der Waals surface area (Å²) in [5.74, 6) is -1.89. The topological polar surface area (TPSA) is 281 Å². The number of hydrogen-bond donors (Lipinski definition) is 7. The summed E-state index contributed by atoms with van der Waals surface area (Å²) in [7, 11) is 0. The third-order valence-electron chi connectivity index (χ3n) is 8.18. The molecule has 2 heterocycles. The fourth-order valence-electron chi connectivity index (χ4n) is 5.21. The standard InChI is InChI=1S/C36H53N11O9S/c1-4-5-14-56-35-45-30(37)29-31(46-35)47(36(52)44-29)20-24-8-10-25(11-9-24)41-32(49)26(7-6-12-40-34(38)51)42-33(50)28(23(2)3)43-27(48)21-55-19-18-54-17-16-53-15-13-39-22-57/h8-11,23,26,28H,4-7,12-21H2,1-3H3,(H,41,49)(H,42,50)(H,43,48)(H,44,52)(H2,37,45,46)(H3,38,40,51). The number of carbonyl (C=O) groups excluding carboxylic acids is 4. The number of imidazole rings is 1. The average Bonchev–Trinajstić information content (AvgIpc) is 3.49. The number of fused-ring (bicyclic) bond motifs is 1. The van der Waals surface area contributed by atoms with Crippen LogP contribution in [0.3, 0.4) is 0 Å². The Bertz CT molecular complexity index is 1860. The second kappa shape index (κ2) is 24.9. The van der Waals surface area contributed by atoms with Crippen molar-refractivity contribution in [3.8, 4) is 6.01 Å². The number of urea groups is 1. The second-order valence-corrected chi connectivity index (χ2v) is 13.2. The Kier molecular flexibility index (Phi) is 20.1. The number of isothiocyanates is 1. The maximum atomic E-state index is 13.5. The van der Waals surface area contributed by atoms with E-state index in [4.69, 9.17) is 30.4 Å². The molecule has 0 spiro atoms. The van der Waals surface area contributed by atoms with Crippen molar-refractivity contribution >= 4 is 63.8 Å². The van der Waals surface area contributed by atoms with E-state index in [1.807, 2.05) is 6.92 Å². The van der Waals surface area contributed by atoms with Gasteiger partial charge in [-0.15, -0.1) is 0 Å². The number of carbonyl (C=O) groups is 4. The van der Waals surface area contributed by atoms with Gasteiger partial charge in [-0.1, -0.05) is 39.3 Å². The number of primary amides is 1. The number of aromatic nitrogens is 4. The molecule has 20 nitrogen and oxygen atoms in total. The van der Waals surface area contributed by atoms with Crippen molar-refractivity contribution in [3.05, 3.63) is 40.3 Å². The molecule has 21 heteroatoms. The molecular formula is C36H53N11O9S. The molecule has 5 amide bonds. The molecule has 0 aliphatic rings. The lowest BCUT2D eigenvalue weighted by molar-refractivity contribution is -0.134. The van der Waals surface area contributed by atoms with E-state index >= 15 is 0 Å². The van der Waals surface area contributed by atoms with Gasteiger partial charge >= 0.3 is 17.7 Å². The Labute approximate surface area is 335 Å². The molecule has 57 heavy (non-hydrogen) atoms. The predicted octanol–water partition coefficient (Wildman–Crippen LogP) is 1.09. The Morgan fingerprint density at radius 1 is 0.965 bits per heavy atom. The normalized spacial score (nSPS) is 12.1. The van der Waals surface area contributed by atoms with Gasteiger partial charge in [0, 0.05) is 12.2 Å². The second-order valence-electron chi connectivity index (χ2n) is 13.0. The van der Waals surface area contributed by atoms with Crippen molar-refractivity contribution < 1.29 is 38.1 Å². The minimum absolute atomic E-state index is 0.0729. The van der Waals surface area contributed by atoms with Crippen molar-refractivity contribution in [2.75, 3.05) is 70.4 Å². The zero-order valence-corrected chi connectivity index (χ0v) is 33.3. The summed E-state index contributed by atoms with van der Waals surface area (Å²) in [5, 5.41) is 12.9. The largest absolute Gasteiger partial charge is 0.463 e. The first-order valence-corrected chi connectivity index (χ1v) is 19.0. The molecule has 0 saturated heterocycles. The van der Waals surface area contributed by atoms with Gasteiger partial charge in [-0.3, -0.25) is 19.0 Å². The monoisotopic (exact) mass is 815 g/mol. The van der Waals surface area contributed by atoms with Gasteiger partial charge in [0.2, 0.25) is 17.7 Å². The average molecular weight is 816 g/mol. The smallest absolute Gasteiger partial charge is 0.328 e. The third kappa shape index (κ3) is 16.3. The maximum absolute atomic E-state index is 13.5. The van der Waals surface area contributed by atoms with E-state index in [0.717, 1.165) is 12.8 Å². The summed E-state index contributed by atoms with van der Waals surface area (Å²) in [6.07, 6.45) is 2.18. The number of unbranched alkanes of at least 4 members (excludes halogenated alkanes) is 1. The number of thiocarbonyl (C=S) groups is 1. The van der Waals surface area contributed by atoms with Crippen LogP contribution in [0.25, 0.3) is 11.2 Å². The summed E-state index contributed by atoms with van der Waals surface area (Å²) < 4.78 is 23.1. The predicted molar refractivity (Wildman–Crippen MR) is 215 cm³/mol. The molecule has 0 saturated carbocycles. The van der Waals surface area contributed by atoms with Crippen molar-refractivity contribution in [2.45, 2.75) is 65.1 Å². The van der Waals surface area contributed by atoms with Gasteiger partial charge in [0.05, 0.1) is 57.9 Å². The van der Waals surface area contributed by atoms with E-state index in [2.05, 4.69) is 58.6 Å². The highest BCUT2D eigenvalue weighted by Crippen LogP contribution is 2.19. The van der Waals surface area contributed by atoms with Gasteiger partial charge in [0.15, 0.2) is 11.5 Å². The van der Waals surface area contributed by atoms with Crippen LogP contribution in [-0.4, -0.2) is 120 Å². The van der Waals surface area contributed by atoms with E-state index in [0.29, 0.717) is 56.2 Å². The molecule has 2 unspecified atom stereocenters. The van der Waals surface area contributed by atoms with Crippen LogP contribution in [0.5, 0.6) is 6.01 Å². The van der Waals surface area contributed by atoms with E-state index in [1.54, 1.807) is 38.1 Å². The first kappa shape index (κ1) is 45.9. The quantitative estimate of drug-likeness (QED) is 0.0323. The number of amides is 5. The van der Waals surface area contributed by atoms with Crippen LogP contribution in [0.1, 0.15) is 52.0 Å². The molecule has 0 aliphatic heterocycles. The number of nitrogens with one attached hydrogen (secondary N) is 5. The highest BCUT2D eigenvalue weighted by Gasteiger charge is 2.29. The molecule has 312 valence electrons. The molecule has 0 bridgehead atoms. The Morgan fingerprint density at radius 3 is 2.33 bits per heavy atom. The molecule has 0 fully saturated rings. The van der Waals surface area contributed by atoms with Crippen LogP contribution < -0.4 is 43.2 Å². The number of nitrogen functional groups attached to an aromatic ring is 1. The Hall–Kier alpha value is -5.47. The zero-order valence-electron chi connectivity index (χ0n) is 32.5. The number of aliphatic imine (C=N–C) groups is 1. The molecule has 2 atom stereocenters. The number of rotatable bonds is 27. The van der Waals surface area contributed by atoms with Crippen LogP contribution in [0.2, 0.25) is 0 Å². The Balaban J connectivity index is 1.59. The van der Waals surface area contributed by atoms with Crippen LogP contribution in [-0.2, 0) is 35.1 Å². The molecule has 1 aromatic carbocycles. The van der Waals surface area contributed by atoms with Crippen LogP contribution in [0.15, 0.2) is 34.1 Å². The number of hydrogen-bond acceptors (Lipinski definition) is 14. The van der Waals surface area contributed by atoms with E-state index < -0.39 is 41.5 Å². The fourth-order valence-corrected chi connectivity index (χ4v) is 5.31. The summed E-state index contributed by atoms with van der Waals surface area (Å²) in [4.78, 5) is 78.7. The lowest BCUT2D eigenvalue weighted by atomic mass is 10.0. The molecule has 0 aliphatic carbocycles.